The lowest BCUT2D eigenvalue weighted by atomic mass is 9.94. The fourth-order valence-electron chi connectivity index (χ4n) is 3.13. The molecule has 0 saturated carbocycles. The molecule has 0 bridgehead atoms. The van der Waals surface area contributed by atoms with Gasteiger partial charge in [0.2, 0.25) is 6.79 Å². The lowest BCUT2D eigenvalue weighted by Crippen LogP contribution is -2.24. The molecule has 0 fully saturated rings. The minimum absolute atomic E-state index is 0.178. The third kappa shape index (κ3) is 2.63. The highest BCUT2D eigenvalue weighted by Gasteiger charge is 2.36. The molecule has 26 heavy (non-hydrogen) atoms. The Balaban J connectivity index is 1.88. The van der Waals surface area contributed by atoms with Gasteiger partial charge < -0.3 is 23.7 Å². The van der Waals surface area contributed by atoms with Crippen molar-refractivity contribution in [2.75, 3.05) is 20.5 Å². The maximum absolute atomic E-state index is 12.6. The Bertz CT molecular complexity index is 886. The van der Waals surface area contributed by atoms with Gasteiger partial charge >= 0.3 is 5.97 Å². The molecule has 0 aromatic heterocycles. The molecule has 2 aromatic carbocycles. The summed E-state index contributed by atoms with van der Waals surface area (Å²) >= 11 is 0. The average molecular weight is 354 g/mol. The first kappa shape index (κ1) is 16.3. The quantitative estimate of drug-likeness (QED) is 0.784. The van der Waals surface area contributed by atoms with Gasteiger partial charge in [-0.1, -0.05) is 18.2 Å². The molecule has 0 amide bonds. The van der Waals surface area contributed by atoms with Crippen LogP contribution in [-0.4, -0.2) is 26.5 Å². The molecule has 0 spiro atoms. The van der Waals surface area contributed by atoms with E-state index in [-0.39, 0.29) is 6.79 Å². The largest absolute Gasteiger partial charge is 0.492 e. The van der Waals surface area contributed by atoms with Gasteiger partial charge in [0.25, 0.3) is 0 Å². The molecular weight excluding hydrogens is 336 g/mol. The zero-order chi connectivity index (χ0) is 18.1. The van der Waals surface area contributed by atoms with E-state index in [0.29, 0.717) is 35.2 Å². The van der Waals surface area contributed by atoms with Gasteiger partial charge in [0.15, 0.2) is 17.6 Å². The predicted molar refractivity (Wildman–Crippen MR) is 92.9 cm³/mol. The van der Waals surface area contributed by atoms with E-state index in [1.165, 1.54) is 7.11 Å². The van der Waals surface area contributed by atoms with E-state index in [1.807, 2.05) is 43.3 Å². The average Bonchev–Trinajstić information content (AvgIpc) is 3.15. The number of hydrogen-bond acceptors (Lipinski definition) is 6. The number of esters is 1. The first-order valence-corrected chi connectivity index (χ1v) is 8.33. The summed E-state index contributed by atoms with van der Waals surface area (Å²) in [6.07, 6.45) is -0.673. The highest BCUT2D eigenvalue weighted by Crippen LogP contribution is 2.45. The van der Waals surface area contributed by atoms with Crippen LogP contribution in [0.1, 0.15) is 24.2 Å². The van der Waals surface area contributed by atoms with Crippen LogP contribution in [0.2, 0.25) is 0 Å². The number of methoxy groups -OCH3 is 1. The van der Waals surface area contributed by atoms with Gasteiger partial charge in [0.05, 0.1) is 19.3 Å². The molecule has 0 saturated heterocycles. The summed E-state index contributed by atoms with van der Waals surface area (Å²) in [5, 5.41) is 0. The van der Waals surface area contributed by atoms with Crippen LogP contribution in [0.3, 0.4) is 0 Å². The van der Waals surface area contributed by atoms with Crippen molar-refractivity contribution < 1.29 is 28.5 Å². The smallest absolute Gasteiger partial charge is 0.341 e. The van der Waals surface area contributed by atoms with Crippen molar-refractivity contribution in [3.05, 3.63) is 59.2 Å². The molecule has 6 nitrogen and oxygen atoms in total. The van der Waals surface area contributed by atoms with Crippen LogP contribution in [0.5, 0.6) is 17.2 Å². The standard InChI is InChI=1S/C20H18O6/c1-3-23-19-13-6-4-5-7-14(13)26-18(17(19)20(21)22-2)12-8-9-15-16(10-12)25-11-24-15/h4-10,18H,3,11H2,1-2H3. The summed E-state index contributed by atoms with van der Waals surface area (Å²) in [5.74, 6) is 1.91. The van der Waals surface area contributed by atoms with E-state index in [4.69, 9.17) is 23.7 Å². The summed E-state index contributed by atoms with van der Waals surface area (Å²) in [5.41, 5.74) is 1.81. The van der Waals surface area contributed by atoms with Crippen molar-refractivity contribution in [1.82, 2.24) is 0 Å². The fraction of sp³-hybridized carbons (Fsp3) is 0.250. The highest BCUT2D eigenvalue weighted by molar-refractivity contribution is 5.99. The molecule has 2 heterocycles. The van der Waals surface area contributed by atoms with Crippen LogP contribution in [0.25, 0.3) is 5.76 Å². The Morgan fingerprint density at radius 2 is 1.92 bits per heavy atom. The molecule has 4 rings (SSSR count). The molecule has 134 valence electrons. The second-order valence-electron chi connectivity index (χ2n) is 5.77. The number of benzene rings is 2. The lowest BCUT2D eigenvalue weighted by Gasteiger charge is -2.29. The summed E-state index contributed by atoms with van der Waals surface area (Å²) in [6, 6.07) is 12.9. The minimum Gasteiger partial charge on any atom is -0.492 e. The number of carbonyl (C=O) groups is 1. The topological polar surface area (TPSA) is 63.2 Å². The van der Waals surface area contributed by atoms with Crippen LogP contribution in [0, 0.1) is 0 Å². The molecule has 2 aliphatic rings. The number of rotatable bonds is 4. The molecule has 2 aliphatic heterocycles. The number of hydrogen-bond donors (Lipinski definition) is 0. The van der Waals surface area contributed by atoms with Gasteiger partial charge in [-0.05, 0) is 31.2 Å². The summed E-state index contributed by atoms with van der Waals surface area (Å²) in [6.45, 7) is 2.46. The number of fused-ring (bicyclic) bond motifs is 2. The highest BCUT2D eigenvalue weighted by atomic mass is 16.7. The normalized spacial score (nSPS) is 17.4. The van der Waals surface area contributed by atoms with Crippen molar-refractivity contribution in [1.29, 1.82) is 0 Å². The van der Waals surface area contributed by atoms with Crippen LogP contribution in [0.4, 0.5) is 0 Å². The molecule has 2 aromatic rings. The first-order chi connectivity index (χ1) is 12.7. The van der Waals surface area contributed by atoms with E-state index in [9.17, 15) is 4.79 Å². The molecule has 1 unspecified atom stereocenters. The minimum atomic E-state index is -0.673. The van der Waals surface area contributed by atoms with Gasteiger partial charge in [-0.15, -0.1) is 0 Å². The van der Waals surface area contributed by atoms with Gasteiger partial charge in [-0.25, -0.2) is 4.79 Å². The molecular formula is C20H18O6. The summed E-state index contributed by atoms with van der Waals surface area (Å²) in [7, 11) is 1.34. The van der Waals surface area contributed by atoms with Crippen molar-refractivity contribution in [3.8, 4) is 17.2 Å². The maximum atomic E-state index is 12.6. The Kier molecular flexibility index (Phi) is 4.16. The Labute approximate surface area is 150 Å². The number of ether oxygens (including phenoxy) is 5. The predicted octanol–water partition coefficient (Wildman–Crippen LogP) is 3.47. The number of para-hydroxylation sites is 1. The van der Waals surface area contributed by atoms with Gasteiger partial charge in [-0.2, -0.15) is 0 Å². The van der Waals surface area contributed by atoms with Crippen molar-refractivity contribution >= 4 is 11.7 Å². The SMILES string of the molecule is CCOC1=C(C(=O)OC)C(c2ccc3c(c2)OCO3)Oc2ccccc21. The van der Waals surface area contributed by atoms with Crippen LogP contribution in [-0.2, 0) is 14.3 Å². The van der Waals surface area contributed by atoms with Crippen molar-refractivity contribution in [2.24, 2.45) is 0 Å². The molecule has 0 radical (unpaired) electrons. The maximum Gasteiger partial charge on any atom is 0.341 e. The zero-order valence-corrected chi connectivity index (χ0v) is 14.5. The van der Waals surface area contributed by atoms with E-state index in [2.05, 4.69) is 0 Å². The Morgan fingerprint density at radius 3 is 2.73 bits per heavy atom. The molecule has 1 atom stereocenters. The van der Waals surface area contributed by atoms with Crippen LogP contribution < -0.4 is 14.2 Å². The van der Waals surface area contributed by atoms with Crippen LogP contribution >= 0.6 is 0 Å². The van der Waals surface area contributed by atoms with E-state index in [1.54, 1.807) is 6.07 Å². The zero-order valence-electron chi connectivity index (χ0n) is 14.5. The second kappa shape index (κ2) is 6.63. The van der Waals surface area contributed by atoms with Crippen molar-refractivity contribution in [2.45, 2.75) is 13.0 Å². The Hall–Kier alpha value is -3.15. The first-order valence-electron chi connectivity index (χ1n) is 8.33. The molecule has 0 aliphatic carbocycles. The fourth-order valence-corrected chi connectivity index (χ4v) is 3.13. The molecule has 0 N–H and O–H groups in total. The van der Waals surface area contributed by atoms with Crippen LogP contribution in [0.15, 0.2) is 48.0 Å². The third-order valence-corrected chi connectivity index (χ3v) is 4.28. The van der Waals surface area contributed by atoms with E-state index < -0.39 is 12.1 Å². The second-order valence-corrected chi connectivity index (χ2v) is 5.77. The molecule has 6 heteroatoms. The van der Waals surface area contributed by atoms with Gasteiger partial charge in [0.1, 0.15) is 17.1 Å². The summed E-state index contributed by atoms with van der Waals surface area (Å²) in [4.78, 5) is 12.6. The van der Waals surface area contributed by atoms with E-state index >= 15 is 0 Å². The van der Waals surface area contributed by atoms with Crippen molar-refractivity contribution in [3.63, 3.8) is 0 Å². The van der Waals surface area contributed by atoms with Gasteiger partial charge in [-0.3, -0.25) is 0 Å². The van der Waals surface area contributed by atoms with E-state index in [0.717, 1.165) is 11.1 Å². The summed E-state index contributed by atoms with van der Waals surface area (Å²) < 4.78 is 27.8. The Morgan fingerprint density at radius 1 is 1.12 bits per heavy atom. The lowest BCUT2D eigenvalue weighted by molar-refractivity contribution is -0.137. The third-order valence-electron chi connectivity index (χ3n) is 4.28. The van der Waals surface area contributed by atoms with Gasteiger partial charge in [0, 0.05) is 5.56 Å². The number of carbonyl (C=O) groups excluding carboxylic acids is 1. The monoisotopic (exact) mass is 354 g/mol.